The Kier molecular flexibility index (Phi) is 7.45. The lowest BCUT2D eigenvalue weighted by molar-refractivity contribution is -0.0222. The summed E-state index contributed by atoms with van der Waals surface area (Å²) in [6, 6.07) is 6.65. The van der Waals surface area contributed by atoms with Crippen LogP contribution in [-0.2, 0) is 16.4 Å². The fourth-order valence-corrected chi connectivity index (χ4v) is 6.82. The molecule has 3 fully saturated rings. The van der Waals surface area contributed by atoms with Crippen LogP contribution in [0.4, 0.5) is 31.7 Å². The van der Waals surface area contributed by atoms with Crippen LogP contribution in [0.1, 0.15) is 61.5 Å². The molecule has 4 heterocycles. The van der Waals surface area contributed by atoms with E-state index in [1.165, 1.54) is 19.8 Å². The summed E-state index contributed by atoms with van der Waals surface area (Å²) >= 11 is 0. The molecule has 0 unspecified atom stereocenters. The van der Waals surface area contributed by atoms with Gasteiger partial charge in [0, 0.05) is 51.0 Å². The number of carbonyl (C=O) groups is 1. The first kappa shape index (κ1) is 28.9. The zero-order chi connectivity index (χ0) is 29.7. The number of aliphatic hydroxyl groups excluding tert-OH is 1. The number of ether oxygens (including phenoxy) is 1. The van der Waals surface area contributed by atoms with Crippen molar-refractivity contribution in [3.63, 3.8) is 0 Å². The Bertz CT molecular complexity index is 1460. The average Bonchev–Trinajstić information content (AvgIpc) is 3.53. The Balaban J connectivity index is 1.28. The van der Waals surface area contributed by atoms with E-state index in [1.54, 1.807) is 29.2 Å². The monoisotopic (exact) mass is 605 g/mol. The van der Waals surface area contributed by atoms with Crippen molar-refractivity contribution in [1.82, 2.24) is 4.98 Å². The fraction of sp³-hybridized carbons (Fsp3) is 0.586. The van der Waals surface area contributed by atoms with Crippen LogP contribution in [0.15, 0.2) is 24.3 Å². The first-order chi connectivity index (χ1) is 20.0. The molecule has 1 atom stereocenters. The number of benzene rings is 1. The molecular formula is C29H37F2N5O5S. The van der Waals surface area contributed by atoms with Crippen LogP contribution in [0.3, 0.4) is 0 Å². The third kappa shape index (κ3) is 5.85. The van der Waals surface area contributed by atoms with Crippen molar-refractivity contribution in [1.29, 1.82) is 0 Å². The van der Waals surface area contributed by atoms with Gasteiger partial charge >= 0.3 is 0 Å². The smallest absolute Gasteiger partial charge is 0.274 e. The molecule has 4 aliphatic rings. The highest BCUT2D eigenvalue weighted by Gasteiger charge is 2.44. The Hall–Kier alpha value is -3.19. The Labute approximate surface area is 244 Å². The Morgan fingerprint density at radius 1 is 1.07 bits per heavy atom. The zero-order valence-corrected chi connectivity index (χ0v) is 24.5. The van der Waals surface area contributed by atoms with E-state index in [0.717, 1.165) is 31.5 Å². The van der Waals surface area contributed by atoms with Crippen molar-refractivity contribution in [3.05, 3.63) is 35.5 Å². The summed E-state index contributed by atoms with van der Waals surface area (Å²) in [5, 5.41) is 11.4. The quantitative estimate of drug-likeness (QED) is 0.413. The van der Waals surface area contributed by atoms with E-state index < -0.39 is 33.7 Å². The van der Waals surface area contributed by atoms with E-state index in [4.69, 9.17) is 4.74 Å². The number of aliphatic hydroxyl groups is 1. The van der Waals surface area contributed by atoms with Gasteiger partial charge in [-0.1, -0.05) is 0 Å². The lowest BCUT2D eigenvalue weighted by Crippen LogP contribution is -2.40. The van der Waals surface area contributed by atoms with Crippen molar-refractivity contribution in [2.75, 3.05) is 59.2 Å². The number of rotatable bonds is 8. The molecule has 42 heavy (non-hydrogen) atoms. The van der Waals surface area contributed by atoms with Gasteiger partial charge in [0.25, 0.3) is 11.8 Å². The molecule has 1 aliphatic carbocycles. The molecule has 0 bridgehead atoms. The van der Waals surface area contributed by atoms with Gasteiger partial charge in [-0.3, -0.25) is 9.52 Å². The van der Waals surface area contributed by atoms with Crippen molar-refractivity contribution >= 4 is 38.8 Å². The van der Waals surface area contributed by atoms with Gasteiger partial charge in [-0.2, -0.15) is 0 Å². The lowest BCUT2D eigenvalue weighted by atomic mass is 9.93. The molecule has 1 aromatic carbocycles. The van der Waals surface area contributed by atoms with E-state index >= 15 is 0 Å². The number of nitrogens with one attached hydrogen (secondary N) is 2. The minimum Gasteiger partial charge on any atom is -0.489 e. The molecule has 2 aromatic rings. The highest BCUT2D eigenvalue weighted by Crippen LogP contribution is 2.54. The van der Waals surface area contributed by atoms with Gasteiger partial charge in [-0.15, -0.1) is 0 Å². The first-order valence-electron chi connectivity index (χ1n) is 14.6. The average molecular weight is 606 g/mol. The highest BCUT2D eigenvalue weighted by molar-refractivity contribution is 7.93. The third-order valence-corrected chi connectivity index (χ3v) is 10.8. The molecule has 1 spiro atoms. The normalized spacial score (nSPS) is 21.4. The summed E-state index contributed by atoms with van der Waals surface area (Å²) in [6.07, 6.45) is 4.55. The maximum atomic E-state index is 13.8. The SMILES string of the molecule is C[C@H](CO)S(=O)(=O)Nc1ccc(NC(=O)c2cc3c(c(N4CCC(F)(F)CC4)n2)OCC3)c(N2CCC3(CC2)CC3)c1. The number of alkyl halides is 2. The second kappa shape index (κ2) is 10.8. The van der Waals surface area contributed by atoms with Crippen LogP contribution in [0.5, 0.6) is 5.75 Å². The minimum absolute atomic E-state index is 0.119. The van der Waals surface area contributed by atoms with Gasteiger partial charge in [0.05, 0.1) is 30.3 Å². The van der Waals surface area contributed by atoms with Gasteiger partial charge in [-0.25, -0.2) is 22.2 Å². The number of sulfonamides is 1. The number of pyridine rings is 1. The molecule has 13 heteroatoms. The van der Waals surface area contributed by atoms with E-state index in [1.807, 2.05) is 0 Å². The topological polar surface area (TPSA) is 124 Å². The summed E-state index contributed by atoms with van der Waals surface area (Å²) in [6.45, 7) is 3.16. The largest absolute Gasteiger partial charge is 0.489 e. The number of halogens is 2. The molecule has 228 valence electrons. The standard InChI is InChI=1S/C29H37F2N5O5S/c1-19(18-37)42(39,40)34-21-2-3-22(24(17-21)35-11-7-28(5-6-28)8-12-35)33-27(38)23-16-20-4-15-41-25(20)26(32-23)36-13-9-29(30,31)10-14-36/h2-3,16-17,19,34,37H,4-15,18H2,1H3,(H,33,38)/t19-/m1/s1. The number of hydrogen-bond acceptors (Lipinski definition) is 8. The molecule has 1 aromatic heterocycles. The number of hydrogen-bond donors (Lipinski definition) is 3. The van der Waals surface area contributed by atoms with Crippen LogP contribution in [0.25, 0.3) is 0 Å². The molecule has 1 amide bonds. The van der Waals surface area contributed by atoms with E-state index in [9.17, 15) is 27.1 Å². The van der Waals surface area contributed by atoms with Gasteiger partial charge in [-0.05, 0) is 62.3 Å². The first-order valence-corrected chi connectivity index (χ1v) is 16.1. The predicted octanol–water partition coefficient (Wildman–Crippen LogP) is 4.01. The number of amides is 1. The number of aromatic nitrogens is 1. The maximum absolute atomic E-state index is 13.8. The van der Waals surface area contributed by atoms with Crippen LogP contribution in [0.2, 0.25) is 0 Å². The molecule has 1 saturated carbocycles. The lowest BCUT2D eigenvalue weighted by Gasteiger charge is -2.35. The van der Waals surface area contributed by atoms with Crippen molar-refractivity contribution < 1.29 is 31.8 Å². The summed E-state index contributed by atoms with van der Waals surface area (Å²) < 4.78 is 61.3. The second-order valence-electron chi connectivity index (χ2n) is 12.1. The van der Waals surface area contributed by atoms with Crippen molar-refractivity contribution in [2.24, 2.45) is 5.41 Å². The fourth-order valence-electron chi connectivity index (χ4n) is 5.96. The van der Waals surface area contributed by atoms with Gasteiger partial charge < -0.3 is 25.0 Å². The van der Waals surface area contributed by atoms with Crippen LogP contribution in [0, 0.1) is 5.41 Å². The Morgan fingerprint density at radius 2 is 1.76 bits per heavy atom. The number of fused-ring (bicyclic) bond motifs is 1. The van der Waals surface area contributed by atoms with E-state index in [0.29, 0.717) is 47.1 Å². The van der Waals surface area contributed by atoms with Gasteiger partial charge in [0.1, 0.15) is 10.9 Å². The summed E-state index contributed by atoms with van der Waals surface area (Å²) in [7, 11) is -3.81. The van der Waals surface area contributed by atoms with Crippen LogP contribution >= 0.6 is 0 Å². The van der Waals surface area contributed by atoms with Gasteiger partial charge in [0.15, 0.2) is 11.6 Å². The van der Waals surface area contributed by atoms with Crippen molar-refractivity contribution in [3.8, 4) is 5.75 Å². The third-order valence-electron chi connectivity index (χ3n) is 9.09. The second-order valence-corrected chi connectivity index (χ2v) is 14.2. The van der Waals surface area contributed by atoms with E-state index in [2.05, 4.69) is 19.9 Å². The maximum Gasteiger partial charge on any atom is 0.274 e. The number of piperidine rings is 2. The molecule has 0 radical (unpaired) electrons. The van der Waals surface area contributed by atoms with Gasteiger partial charge in [0.2, 0.25) is 10.0 Å². The summed E-state index contributed by atoms with van der Waals surface area (Å²) in [5.41, 5.74) is 2.94. The highest BCUT2D eigenvalue weighted by atomic mass is 32.2. The number of anilines is 4. The van der Waals surface area contributed by atoms with Crippen LogP contribution in [-0.4, -0.2) is 75.0 Å². The van der Waals surface area contributed by atoms with Crippen molar-refractivity contribution in [2.45, 2.75) is 63.0 Å². The summed E-state index contributed by atoms with van der Waals surface area (Å²) in [4.78, 5) is 22.1. The Morgan fingerprint density at radius 3 is 2.43 bits per heavy atom. The molecular weight excluding hydrogens is 568 g/mol. The van der Waals surface area contributed by atoms with E-state index in [-0.39, 0.29) is 31.6 Å². The van der Waals surface area contributed by atoms with Crippen LogP contribution < -0.4 is 24.6 Å². The summed E-state index contributed by atoms with van der Waals surface area (Å²) in [5.74, 6) is -2.20. The number of carbonyl (C=O) groups excluding carboxylic acids is 1. The molecule has 10 nitrogen and oxygen atoms in total. The minimum atomic E-state index is -3.81. The zero-order valence-electron chi connectivity index (χ0n) is 23.7. The number of nitrogens with zero attached hydrogens (tertiary/aromatic N) is 3. The molecule has 3 aliphatic heterocycles. The predicted molar refractivity (Wildman–Crippen MR) is 156 cm³/mol. The molecule has 6 rings (SSSR count). The molecule has 2 saturated heterocycles. The molecule has 3 N–H and O–H groups in total.